The second kappa shape index (κ2) is 7.77. The minimum atomic E-state index is -3.59. The van der Waals surface area contributed by atoms with Gasteiger partial charge in [0.25, 0.3) is 0 Å². The van der Waals surface area contributed by atoms with Crippen LogP contribution in [-0.4, -0.2) is 18.9 Å². The lowest BCUT2D eigenvalue weighted by Crippen LogP contribution is -2.17. The number of hydrogen-bond donors (Lipinski definition) is 2. The molecule has 142 valence electrons. The molecule has 0 atom stereocenters. The molecule has 0 spiro atoms. The van der Waals surface area contributed by atoms with Crippen molar-refractivity contribution in [3.8, 4) is 0 Å². The normalized spacial score (nSPS) is 11.6. The Morgan fingerprint density at radius 2 is 1.81 bits per heavy atom. The highest BCUT2D eigenvalue weighted by molar-refractivity contribution is 7.88. The van der Waals surface area contributed by atoms with Gasteiger partial charge in [-0.1, -0.05) is 24.3 Å². The van der Waals surface area contributed by atoms with Gasteiger partial charge in [0.15, 0.2) is 5.58 Å². The third-order valence-electron chi connectivity index (χ3n) is 3.96. The van der Waals surface area contributed by atoms with Crippen LogP contribution in [0.5, 0.6) is 0 Å². The van der Waals surface area contributed by atoms with Gasteiger partial charge in [-0.25, -0.2) is 18.4 Å². The van der Waals surface area contributed by atoms with Crippen LogP contribution in [0, 0.1) is 0 Å². The number of aromatic nitrogens is 1. The molecule has 0 saturated carbocycles. The van der Waals surface area contributed by atoms with Gasteiger partial charge in [0.1, 0.15) is 0 Å². The van der Waals surface area contributed by atoms with Crippen molar-refractivity contribution >= 4 is 32.7 Å². The van der Waals surface area contributed by atoms with E-state index < -0.39 is 15.8 Å². The standard InChI is InChI=1S/C18H19N3O5S/c19-27(24,25)12-13-7-9-14(10-8-13)20-17(22)6-3-11-21-15-4-1-2-5-16(15)26-18(21)23/h1-2,4-5,7-10H,3,6,11-12H2,(H,20,22)(H2,19,24,25). The number of nitrogens with one attached hydrogen (secondary N) is 1. The summed E-state index contributed by atoms with van der Waals surface area (Å²) in [5, 5.41) is 7.73. The van der Waals surface area contributed by atoms with E-state index in [4.69, 9.17) is 9.56 Å². The Labute approximate surface area is 155 Å². The number of anilines is 1. The maximum Gasteiger partial charge on any atom is 0.419 e. The van der Waals surface area contributed by atoms with Gasteiger partial charge in [0.05, 0.1) is 11.3 Å². The number of oxazole rings is 1. The van der Waals surface area contributed by atoms with Crippen LogP contribution in [0.3, 0.4) is 0 Å². The number of carbonyl (C=O) groups is 1. The third-order valence-corrected chi connectivity index (χ3v) is 4.70. The fraction of sp³-hybridized carbons (Fsp3) is 0.222. The molecule has 2 aromatic carbocycles. The first-order valence-corrected chi connectivity index (χ1v) is 10.0. The Bertz CT molecular complexity index is 1110. The van der Waals surface area contributed by atoms with Crippen molar-refractivity contribution < 1.29 is 17.6 Å². The number of primary sulfonamides is 1. The zero-order valence-corrected chi connectivity index (χ0v) is 15.2. The molecule has 0 bridgehead atoms. The van der Waals surface area contributed by atoms with Crippen molar-refractivity contribution in [3.05, 3.63) is 64.6 Å². The average molecular weight is 389 g/mol. The predicted molar refractivity (Wildman–Crippen MR) is 102 cm³/mol. The van der Waals surface area contributed by atoms with E-state index in [0.717, 1.165) is 0 Å². The number of amides is 1. The molecule has 3 N–H and O–H groups in total. The van der Waals surface area contributed by atoms with E-state index >= 15 is 0 Å². The average Bonchev–Trinajstić information content (AvgIpc) is 2.91. The van der Waals surface area contributed by atoms with Gasteiger partial charge in [-0.15, -0.1) is 0 Å². The van der Waals surface area contributed by atoms with Crippen molar-refractivity contribution in [3.63, 3.8) is 0 Å². The number of aryl methyl sites for hydroxylation is 1. The van der Waals surface area contributed by atoms with Crippen LogP contribution in [0.2, 0.25) is 0 Å². The van der Waals surface area contributed by atoms with Gasteiger partial charge in [-0.2, -0.15) is 0 Å². The van der Waals surface area contributed by atoms with Crippen LogP contribution in [0.1, 0.15) is 18.4 Å². The molecule has 3 rings (SSSR count). The Balaban J connectivity index is 1.54. The van der Waals surface area contributed by atoms with Gasteiger partial charge < -0.3 is 9.73 Å². The van der Waals surface area contributed by atoms with Gasteiger partial charge >= 0.3 is 5.76 Å². The summed E-state index contributed by atoms with van der Waals surface area (Å²) in [4.78, 5) is 23.9. The monoisotopic (exact) mass is 389 g/mol. The number of nitrogens with zero attached hydrogens (tertiary/aromatic N) is 1. The highest BCUT2D eigenvalue weighted by Crippen LogP contribution is 2.14. The van der Waals surface area contributed by atoms with Crippen LogP contribution in [0.25, 0.3) is 11.1 Å². The number of sulfonamides is 1. The quantitative estimate of drug-likeness (QED) is 0.637. The molecule has 9 heteroatoms. The number of fused-ring (bicyclic) bond motifs is 1. The van der Waals surface area contributed by atoms with Crippen LogP contribution in [0.15, 0.2) is 57.7 Å². The zero-order chi connectivity index (χ0) is 19.4. The Kier molecular flexibility index (Phi) is 5.43. The Morgan fingerprint density at radius 3 is 2.52 bits per heavy atom. The molecule has 8 nitrogen and oxygen atoms in total. The molecular formula is C18H19N3O5S. The SMILES string of the molecule is NS(=O)(=O)Cc1ccc(NC(=O)CCCn2c(=O)oc3ccccc32)cc1. The molecule has 0 radical (unpaired) electrons. The van der Waals surface area contributed by atoms with Crippen molar-refractivity contribution in [2.75, 3.05) is 5.32 Å². The van der Waals surface area contributed by atoms with Crippen molar-refractivity contribution in [2.24, 2.45) is 5.14 Å². The van der Waals surface area contributed by atoms with E-state index in [0.29, 0.717) is 35.3 Å². The summed E-state index contributed by atoms with van der Waals surface area (Å²) in [7, 11) is -3.59. The minimum absolute atomic E-state index is 0.199. The fourth-order valence-corrected chi connectivity index (χ4v) is 3.42. The zero-order valence-electron chi connectivity index (χ0n) is 14.4. The summed E-state index contributed by atoms with van der Waals surface area (Å²) < 4.78 is 28.8. The van der Waals surface area contributed by atoms with Crippen molar-refractivity contribution in [1.82, 2.24) is 4.57 Å². The van der Waals surface area contributed by atoms with Gasteiger partial charge in [-0.05, 0) is 36.2 Å². The van der Waals surface area contributed by atoms with E-state index in [1.807, 2.05) is 6.07 Å². The fourth-order valence-electron chi connectivity index (χ4n) is 2.76. The first-order valence-electron chi connectivity index (χ1n) is 8.29. The lowest BCUT2D eigenvalue weighted by atomic mass is 10.2. The van der Waals surface area contributed by atoms with Gasteiger partial charge in [-0.3, -0.25) is 9.36 Å². The Hall–Kier alpha value is -2.91. The van der Waals surface area contributed by atoms with Crippen molar-refractivity contribution in [2.45, 2.75) is 25.1 Å². The highest BCUT2D eigenvalue weighted by atomic mass is 32.2. The molecule has 0 saturated heterocycles. The van der Waals surface area contributed by atoms with Crippen LogP contribution < -0.4 is 16.2 Å². The summed E-state index contributed by atoms with van der Waals surface area (Å²) >= 11 is 0. The molecule has 1 aromatic heterocycles. The third kappa shape index (κ3) is 5.05. The van der Waals surface area contributed by atoms with E-state index in [2.05, 4.69) is 5.32 Å². The van der Waals surface area contributed by atoms with E-state index in [1.165, 1.54) is 4.57 Å². The smallest absolute Gasteiger partial charge is 0.408 e. The molecule has 0 unspecified atom stereocenters. The molecule has 0 fully saturated rings. The van der Waals surface area contributed by atoms with E-state index in [9.17, 15) is 18.0 Å². The molecule has 0 aliphatic heterocycles. The van der Waals surface area contributed by atoms with E-state index in [1.54, 1.807) is 42.5 Å². The van der Waals surface area contributed by atoms with Gasteiger partial charge in [0.2, 0.25) is 15.9 Å². The molecular weight excluding hydrogens is 370 g/mol. The first-order chi connectivity index (χ1) is 12.8. The van der Waals surface area contributed by atoms with E-state index in [-0.39, 0.29) is 18.1 Å². The minimum Gasteiger partial charge on any atom is -0.408 e. The lowest BCUT2D eigenvalue weighted by molar-refractivity contribution is -0.116. The summed E-state index contributed by atoms with van der Waals surface area (Å²) in [6.07, 6.45) is 0.698. The van der Waals surface area contributed by atoms with Crippen LogP contribution in [-0.2, 0) is 27.1 Å². The van der Waals surface area contributed by atoms with Crippen LogP contribution in [0.4, 0.5) is 5.69 Å². The number of carbonyl (C=O) groups excluding carboxylic acids is 1. The number of benzene rings is 2. The predicted octanol–water partition coefficient (Wildman–Crippen LogP) is 1.80. The number of hydrogen-bond acceptors (Lipinski definition) is 5. The summed E-state index contributed by atoms with van der Waals surface area (Å²) in [5.74, 6) is -0.897. The second-order valence-electron chi connectivity index (χ2n) is 6.14. The van der Waals surface area contributed by atoms with Gasteiger partial charge in [0, 0.05) is 18.7 Å². The Morgan fingerprint density at radius 1 is 1.11 bits per heavy atom. The number of nitrogens with two attached hydrogens (primary N) is 1. The molecule has 0 aliphatic carbocycles. The summed E-state index contributed by atoms with van der Waals surface area (Å²) in [5.41, 5.74) is 2.32. The van der Waals surface area contributed by atoms with Crippen LogP contribution >= 0.6 is 0 Å². The molecule has 1 amide bonds. The lowest BCUT2D eigenvalue weighted by Gasteiger charge is -2.07. The second-order valence-corrected chi connectivity index (χ2v) is 7.76. The number of para-hydroxylation sites is 2. The molecule has 27 heavy (non-hydrogen) atoms. The largest absolute Gasteiger partial charge is 0.419 e. The highest BCUT2D eigenvalue weighted by Gasteiger charge is 2.10. The summed E-state index contributed by atoms with van der Waals surface area (Å²) in [6.45, 7) is 0.372. The van der Waals surface area contributed by atoms with Crippen molar-refractivity contribution in [1.29, 1.82) is 0 Å². The summed E-state index contributed by atoms with van der Waals surface area (Å²) in [6, 6.07) is 13.5. The number of rotatable bonds is 7. The molecule has 0 aliphatic rings. The maximum atomic E-state index is 12.1. The molecule has 3 aromatic rings. The first kappa shape index (κ1) is 18.9. The maximum absolute atomic E-state index is 12.1. The topological polar surface area (TPSA) is 124 Å². The molecule has 1 heterocycles.